The van der Waals surface area contributed by atoms with E-state index in [1.54, 1.807) is 12.4 Å². The van der Waals surface area contributed by atoms with Gasteiger partial charge in [-0.3, -0.25) is 4.40 Å². The lowest BCUT2D eigenvalue weighted by Crippen LogP contribution is -1.99. The van der Waals surface area contributed by atoms with Crippen molar-refractivity contribution in [1.29, 1.82) is 0 Å². The van der Waals surface area contributed by atoms with Crippen LogP contribution in [0.3, 0.4) is 0 Å². The summed E-state index contributed by atoms with van der Waals surface area (Å²) in [6, 6.07) is 3.86. The van der Waals surface area contributed by atoms with E-state index in [4.69, 9.17) is 0 Å². The molecule has 0 saturated carbocycles. The van der Waals surface area contributed by atoms with Crippen molar-refractivity contribution in [2.24, 2.45) is 0 Å². The summed E-state index contributed by atoms with van der Waals surface area (Å²) in [4.78, 5) is 13.1. The first-order valence-electron chi connectivity index (χ1n) is 5.34. The van der Waals surface area contributed by atoms with E-state index in [-0.39, 0.29) is 0 Å². The molecule has 0 spiro atoms. The number of pyridine rings is 1. The molecule has 3 aromatic heterocycles. The molecule has 80 valence electrons. The maximum Gasteiger partial charge on any atom is 0.164 e. The lowest BCUT2D eigenvalue weighted by atomic mass is 10.1. The van der Waals surface area contributed by atoms with E-state index < -0.39 is 0 Å². The van der Waals surface area contributed by atoms with Gasteiger partial charge in [-0.2, -0.15) is 0 Å². The maximum absolute atomic E-state index is 4.39. The molecule has 0 atom stereocenters. The van der Waals surface area contributed by atoms with Crippen molar-refractivity contribution in [2.45, 2.75) is 19.8 Å². The van der Waals surface area contributed by atoms with Crippen molar-refractivity contribution >= 4 is 16.8 Å². The average molecular weight is 212 g/mol. The summed E-state index contributed by atoms with van der Waals surface area (Å²) in [5, 5.41) is 0. The van der Waals surface area contributed by atoms with Gasteiger partial charge in [0.15, 0.2) is 11.3 Å². The van der Waals surface area contributed by atoms with E-state index in [1.807, 2.05) is 18.3 Å². The lowest BCUT2D eigenvalue weighted by molar-refractivity contribution is 0.813. The van der Waals surface area contributed by atoms with E-state index in [0.29, 0.717) is 5.92 Å². The largest absolute Gasteiger partial charge is 0.278 e. The molecule has 0 fully saturated rings. The molecule has 0 aliphatic rings. The van der Waals surface area contributed by atoms with Crippen molar-refractivity contribution in [3.05, 3.63) is 36.4 Å². The maximum atomic E-state index is 4.39. The summed E-state index contributed by atoms with van der Waals surface area (Å²) in [5.74, 6) is 0.419. The lowest BCUT2D eigenvalue weighted by Gasteiger charge is -2.06. The van der Waals surface area contributed by atoms with Gasteiger partial charge in [-0.25, -0.2) is 15.0 Å². The fourth-order valence-corrected chi connectivity index (χ4v) is 1.90. The molecule has 0 N–H and O–H groups in total. The number of aromatic nitrogens is 4. The third-order valence-electron chi connectivity index (χ3n) is 2.70. The number of rotatable bonds is 1. The normalized spacial score (nSPS) is 11.7. The van der Waals surface area contributed by atoms with Gasteiger partial charge in [0.05, 0.1) is 6.20 Å². The molecule has 4 heteroatoms. The van der Waals surface area contributed by atoms with Crippen molar-refractivity contribution in [2.75, 3.05) is 0 Å². The molecule has 0 amide bonds. The Morgan fingerprint density at radius 2 is 2.00 bits per heavy atom. The van der Waals surface area contributed by atoms with Crippen LogP contribution in [-0.4, -0.2) is 19.4 Å². The Morgan fingerprint density at radius 3 is 2.81 bits per heavy atom. The van der Waals surface area contributed by atoms with Crippen LogP contribution in [0.25, 0.3) is 16.8 Å². The molecule has 0 aliphatic heterocycles. The fourth-order valence-electron chi connectivity index (χ4n) is 1.90. The number of hydrogen-bond acceptors (Lipinski definition) is 3. The van der Waals surface area contributed by atoms with Gasteiger partial charge in [0, 0.05) is 18.1 Å². The highest BCUT2D eigenvalue weighted by molar-refractivity contribution is 5.73. The minimum absolute atomic E-state index is 0.419. The second-order valence-corrected chi connectivity index (χ2v) is 4.14. The molecule has 4 nitrogen and oxygen atoms in total. The smallest absolute Gasteiger partial charge is 0.164 e. The van der Waals surface area contributed by atoms with Crippen LogP contribution < -0.4 is 0 Å². The van der Waals surface area contributed by atoms with Crippen LogP contribution in [0.5, 0.6) is 0 Å². The highest BCUT2D eigenvalue weighted by atomic mass is 15.1. The Morgan fingerprint density at radius 1 is 1.12 bits per heavy atom. The fraction of sp³-hybridized carbons (Fsp3) is 0.250. The Labute approximate surface area is 93.0 Å². The third kappa shape index (κ3) is 1.19. The van der Waals surface area contributed by atoms with Crippen LogP contribution in [0.1, 0.15) is 25.5 Å². The molecule has 3 heterocycles. The SMILES string of the molecule is CC(C)c1cnc2cnc3cccnc3n12. The van der Waals surface area contributed by atoms with Crippen molar-refractivity contribution in [1.82, 2.24) is 19.4 Å². The van der Waals surface area contributed by atoms with E-state index >= 15 is 0 Å². The van der Waals surface area contributed by atoms with Gasteiger partial charge in [0.1, 0.15) is 5.52 Å². The number of fused-ring (bicyclic) bond motifs is 3. The van der Waals surface area contributed by atoms with Gasteiger partial charge in [-0.05, 0) is 18.1 Å². The number of nitrogens with zero attached hydrogens (tertiary/aromatic N) is 4. The molecule has 0 aliphatic carbocycles. The van der Waals surface area contributed by atoms with Crippen LogP contribution in [0, 0.1) is 0 Å². The van der Waals surface area contributed by atoms with E-state index in [1.165, 1.54) is 5.69 Å². The molecule has 16 heavy (non-hydrogen) atoms. The predicted octanol–water partition coefficient (Wildman–Crippen LogP) is 2.40. The van der Waals surface area contributed by atoms with Crippen molar-refractivity contribution in [3.63, 3.8) is 0 Å². The Balaban J connectivity index is 2.52. The van der Waals surface area contributed by atoms with Crippen LogP contribution in [-0.2, 0) is 0 Å². The first-order chi connectivity index (χ1) is 7.77. The highest BCUT2D eigenvalue weighted by Gasteiger charge is 2.10. The standard InChI is InChI=1S/C12H12N4/c1-8(2)10-6-15-11-7-14-9-4-3-5-13-12(9)16(10)11/h3-8H,1-2H3. The summed E-state index contributed by atoms with van der Waals surface area (Å²) < 4.78 is 2.08. The summed E-state index contributed by atoms with van der Waals surface area (Å²) in [6.07, 6.45) is 5.47. The van der Waals surface area contributed by atoms with Crippen molar-refractivity contribution in [3.8, 4) is 0 Å². The van der Waals surface area contributed by atoms with Gasteiger partial charge >= 0.3 is 0 Å². The van der Waals surface area contributed by atoms with Crippen LogP contribution in [0.4, 0.5) is 0 Å². The van der Waals surface area contributed by atoms with Crippen molar-refractivity contribution < 1.29 is 0 Å². The second-order valence-electron chi connectivity index (χ2n) is 4.14. The zero-order valence-electron chi connectivity index (χ0n) is 9.25. The second kappa shape index (κ2) is 3.27. The zero-order valence-corrected chi connectivity index (χ0v) is 9.25. The molecule has 0 radical (unpaired) electrons. The van der Waals surface area contributed by atoms with Crippen LogP contribution >= 0.6 is 0 Å². The van der Waals surface area contributed by atoms with E-state index in [9.17, 15) is 0 Å². The van der Waals surface area contributed by atoms with Gasteiger partial charge in [0.2, 0.25) is 0 Å². The van der Waals surface area contributed by atoms with Gasteiger partial charge in [0.25, 0.3) is 0 Å². The molecular formula is C12H12N4. The van der Waals surface area contributed by atoms with Gasteiger partial charge in [-0.1, -0.05) is 13.8 Å². The molecule has 0 bridgehead atoms. The quantitative estimate of drug-likeness (QED) is 0.622. The molecule has 3 rings (SSSR count). The summed E-state index contributed by atoms with van der Waals surface area (Å²) in [7, 11) is 0. The molecule has 0 aromatic carbocycles. The Bertz CT molecular complexity index is 654. The Kier molecular flexibility index (Phi) is 1.89. The minimum Gasteiger partial charge on any atom is -0.278 e. The van der Waals surface area contributed by atoms with E-state index in [0.717, 1.165) is 16.8 Å². The number of imidazole rings is 1. The Hall–Kier alpha value is -1.97. The van der Waals surface area contributed by atoms with E-state index in [2.05, 4.69) is 33.2 Å². The average Bonchev–Trinajstić information content (AvgIpc) is 2.73. The topological polar surface area (TPSA) is 43.1 Å². The van der Waals surface area contributed by atoms with Crippen LogP contribution in [0.15, 0.2) is 30.7 Å². The molecular weight excluding hydrogens is 200 g/mol. The third-order valence-corrected chi connectivity index (χ3v) is 2.70. The summed E-state index contributed by atoms with van der Waals surface area (Å²) in [6.45, 7) is 4.30. The first-order valence-corrected chi connectivity index (χ1v) is 5.34. The summed E-state index contributed by atoms with van der Waals surface area (Å²) in [5.41, 5.74) is 3.80. The minimum atomic E-state index is 0.419. The predicted molar refractivity (Wildman–Crippen MR) is 62.4 cm³/mol. The first kappa shape index (κ1) is 9.27. The highest BCUT2D eigenvalue weighted by Crippen LogP contribution is 2.19. The monoisotopic (exact) mass is 212 g/mol. The summed E-state index contributed by atoms with van der Waals surface area (Å²) >= 11 is 0. The number of hydrogen-bond donors (Lipinski definition) is 0. The van der Waals surface area contributed by atoms with Crippen LogP contribution in [0.2, 0.25) is 0 Å². The van der Waals surface area contributed by atoms with Gasteiger partial charge in [-0.15, -0.1) is 0 Å². The molecule has 0 saturated heterocycles. The molecule has 3 aromatic rings. The van der Waals surface area contributed by atoms with Gasteiger partial charge < -0.3 is 0 Å². The molecule has 0 unspecified atom stereocenters. The zero-order chi connectivity index (χ0) is 11.1.